The fourth-order valence-corrected chi connectivity index (χ4v) is 3.41. The Morgan fingerprint density at radius 2 is 2.06 bits per heavy atom. The van der Waals surface area contributed by atoms with Gasteiger partial charge in [-0.2, -0.15) is 0 Å². The summed E-state index contributed by atoms with van der Waals surface area (Å²) < 4.78 is 48.4. The molecule has 1 aromatic carbocycles. The van der Waals surface area contributed by atoms with Gasteiger partial charge in [0, 0.05) is 6.04 Å². The third-order valence-electron chi connectivity index (χ3n) is 2.52. The Balaban J connectivity index is 2.13. The van der Waals surface area contributed by atoms with E-state index in [1.165, 1.54) is 0 Å². The third kappa shape index (κ3) is 2.49. The van der Waals surface area contributed by atoms with E-state index in [1.54, 1.807) is 0 Å². The first-order valence-corrected chi connectivity index (χ1v) is 6.70. The van der Waals surface area contributed by atoms with Crippen LogP contribution < -0.4 is 5.32 Å². The molecule has 0 radical (unpaired) electrons. The van der Waals surface area contributed by atoms with Crippen LogP contribution in [0.2, 0.25) is 0 Å². The van der Waals surface area contributed by atoms with Gasteiger partial charge in [-0.1, -0.05) is 0 Å². The van der Waals surface area contributed by atoms with Gasteiger partial charge in [-0.15, -0.1) is 0 Å². The van der Waals surface area contributed by atoms with Crippen LogP contribution in [0.1, 0.15) is 6.42 Å². The standard InChI is InChI=1S/C10H11F2NO2S/c11-7-1-2-9(12)10(5-7)13-8-3-4-16(14,15)6-8/h1-2,5,8,13H,3-4,6H2. The minimum atomic E-state index is -3.02. The highest BCUT2D eigenvalue weighted by atomic mass is 32.2. The van der Waals surface area contributed by atoms with Crippen molar-refractivity contribution < 1.29 is 17.2 Å². The second-order valence-electron chi connectivity index (χ2n) is 3.87. The number of nitrogens with one attached hydrogen (secondary N) is 1. The molecule has 2 rings (SSSR count). The summed E-state index contributed by atoms with van der Waals surface area (Å²) >= 11 is 0. The van der Waals surface area contributed by atoms with E-state index in [1.807, 2.05) is 0 Å². The van der Waals surface area contributed by atoms with Gasteiger partial charge in [-0.3, -0.25) is 0 Å². The highest BCUT2D eigenvalue weighted by Gasteiger charge is 2.28. The number of sulfone groups is 1. The lowest BCUT2D eigenvalue weighted by atomic mass is 10.2. The van der Waals surface area contributed by atoms with Crippen LogP contribution in [0.25, 0.3) is 0 Å². The molecule has 1 atom stereocenters. The molecule has 1 aromatic rings. The van der Waals surface area contributed by atoms with Crippen molar-refractivity contribution in [2.24, 2.45) is 0 Å². The van der Waals surface area contributed by atoms with Crippen LogP contribution >= 0.6 is 0 Å². The average molecular weight is 247 g/mol. The van der Waals surface area contributed by atoms with Crippen LogP contribution in [0.5, 0.6) is 0 Å². The Morgan fingerprint density at radius 3 is 2.69 bits per heavy atom. The molecule has 0 spiro atoms. The molecule has 0 saturated carbocycles. The first-order chi connectivity index (χ1) is 7.46. The summed E-state index contributed by atoms with van der Waals surface area (Å²) in [6.45, 7) is 0. The Labute approximate surface area is 92.4 Å². The van der Waals surface area contributed by atoms with E-state index < -0.39 is 21.5 Å². The van der Waals surface area contributed by atoms with Crippen LogP contribution in [-0.2, 0) is 9.84 Å². The summed E-state index contributed by atoms with van der Waals surface area (Å²) in [6.07, 6.45) is 0.429. The lowest BCUT2D eigenvalue weighted by Crippen LogP contribution is -2.21. The number of hydrogen-bond donors (Lipinski definition) is 1. The lowest BCUT2D eigenvalue weighted by Gasteiger charge is -2.12. The molecule has 1 fully saturated rings. The van der Waals surface area contributed by atoms with Crippen molar-refractivity contribution in [3.8, 4) is 0 Å². The van der Waals surface area contributed by atoms with E-state index in [2.05, 4.69) is 5.32 Å². The zero-order valence-electron chi connectivity index (χ0n) is 8.41. The Morgan fingerprint density at radius 1 is 1.31 bits per heavy atom. The summed E-state index contributed by atoms with van der Waals surface area (Å²) in [6, 6.07) is 2.73. The average Bonchev–Trinajstić information content (AvgIpc) is 2.52. The molecule has 88 valence electrons. The molecule has 1 aliphatic heterocycles. The SMILES string of the molecule is O=S1(=O)CCC(Nc2cc(F)ccc2F)C1. The van der Waals surface area contributed by atoms with Crippen molar-refractivity contribution in [3.05, 3.63) is 29.8 Å². The third-order valence-corrected chi connectivity index (χ3v) is 4.29. The number of halogens is 2. The minimum Gasteiger partial charge on any atom is -0.379 e. The van der Waals surface area contributed by atoms with Crippen LogP contribution in [0, 0.1) is 11.6 Å². The van der Waals surface area contributed by atoms with Gasteiger partial charge >= 0.3 is 0 Å². The summed E-state index contributed by atoms with van der Waals surface area (Å²) in [5, 5.41) is 2.71. The van der Waals surface area contributed by atoms with Gasteiger partial charge in [0.15, 0.2) is 9.84 Å². The van der Waals surface area contributed by atoms with E-state index in [4.69, 9.17) is 0 Å². The molecule has 1 N–H and O–H groups in total. The maximum Gasteiger partial charge on any atom is 0.152 e. The largest absolute Gasteiger partial charge is 0.379 e. The first kappa shape index (κ1) is 11.3. The monoisotopic (exact) mass is 247 g/mol. The lowest BCUT2D eigenvalue weighted by molar-refractivity contribution is 0.598. The van der Waals surface area contributed by atoms with Crippen molar-refractivity contribution >= 4 is 15.5 Å². The maximum atomic E-state index is 13.2. The first-order valence-electron chi connectivity index (χ1n) is 4.88. The van der Waals surface area contributed by atoms with Crippen molar-refractivity contribution in [2.45, 2.75) is 12.5 Å². The van der Waals surface area contributed by atoms with Crippen molar-refractivity contribution in [2.75, 3.05) is 16.8 Å². The number of benzene rings is 1. The van der Waals surface area contributed by atoms with Gasteiger partial charge in [-0.25, -0.2) is 17.2 Å². The zero-order chi connectivity index (χ0) is 11.8. The topological polar surface area (TPSA) is 46.2 Å². The predicted molar refractivity (Wildman–Crippen MR) is 57.0 cm³/mol. The van der Waals surface area contributed by atoms with Crippen molar-refractivity contribution in [1.29, 1.82) is 0 Å². The molecule has 0 amide bonds. The fourth-order valence-electron chi connectivity index (χ4n) is 1.74. The molecule has 3 nitrogen and oxygen atoms in total. The molecule has 1 saturated heterocycles. The minimum absolute atomic E-state index is 0.0158. The molecule has 1 aliphatic rings. The normalized spacial score (nSPS) is 23.2. The van der Waals surface area contributed by atoms with Crippen LogP contribution in [0.15, 0.2) is 18.2 Å². The fraction of sp³-hybridized carbons (Fsp3) is 0.400. The molecule has 0 aromatic heterocycles. The van der Waals surface area contributed by atoms with Gasteiger partial charge in [-0.05, 0) is 24.6 Å². The van der Waals surface area contributed by atoms with E-state index in [0.717, 1.165) is 18.2 Å². The Hall–Kier alpha value is -1.17. The van der Waals surface area contributed by atoms with Gasteiger partial charge < -0.3 is 5.32 Å². The molecule has 1 heterocycles. The van der Waals surface area contributed by atoms with Gasteiger partial charge in [0.2, 0.25) is 0 Å². The Bertz CT molecular complexity index is 502. The van der Waals surface area contributed by atoms with E-state index >= 15 is 0 Å². The number of hydrogen-bond acceptors (Lipinski definition) is 3. The summed E-state index contributed by atoms with van der Waals surface area (Å²) in [7, 11) is -3.02. The second kappa shape index (κ2) is 4.01. The maximum absolute atomic E-state index is 13.2. The van der Waals surface area contributed by atoms with Crippen LogP contribution in [0.4, 0.5) is 14.5 Å². The molecule has 16 heavy (non-hydrogen) atoms. The summed E-state index contributed by atoms with van der Waals surface area (Å²) in [4.78, 5) is 0. The van der Waals surface area contributed by atoms with E-state index in [-0.39, 0.29) is 23.2 Å². The molecular weight excluding hydrogens is 236 g/mol. The van der Waals surface area contributed by atoms with Crippen LogP contribution in [0.3, 0.4) is 0 Å². The van der Waals surface area contributed by atoms with Gasteiger partial charge in [0.1, 0.15) is 11.6 Å². The molecule has 0 aliphatic carbocycles. The highest BCUT2D eigenvalue weighted by molar-refractivity contribution is 7.91. The summed E-state index contributed by atoms with van der Waals surface area (Å²) in [5.74, 6) is -1.06. The van der Waals surface area contributed by atoms with Crippen LogP contribution in [-0.4, -0.2) is 26.0 Å². The van der Waals surface area contributed by atoms with Gasteiger partial charge in [0.25, 0.3) is 0 Å². The molecule has 1 unspecified atom stereocenters. The molecule has 6 heteroatoms. The van der Waals surface area contributed by atoms with Crippen molar-refractivity contribution in [1.82, 2.24) is 0 Å². The van der Waals surface area contributed by atoms with Gasteiger partial charge in [0.05, 0.1) is 17.2 Å². The smallest absolute Gasteiger partial charge is 0.152 e. The van der Waals surface area contributed by atoms with E-state index in [0.29, 0.717) is 6.42 Å². The second-order valence-corrected chi connectivity index (χ2v) is 6.10. The molecule has 0 bridgehead atoms. The summed E-state index contributed by atoms with van der Waals surface area (Å²) in [5.41, 5.74) is 0.0158. The predicted octanol–water partition coefficient (Wildman–Crippen LogP) is 1.56. The zero-order valence-corrected chi connectivity index (χ0v) is 9.23. The number of rotatable bonds is 2. The quantitative estimate of drug-likeness (QED) is 0.862. The highest BCUT2D eigenvalue weighted by Crippen LogP contribution is 2.20. The number of anilines is 1. The molecular formula is C10H11F2NO2S. The Kier molecular flexibility index (Phi) is 2.84. The van der Waals surface area contributed by atoms with Crippen molar-refractivity contribution in [3.63, 3.8) is 0 Å². The van der Waals surface area contributed by atoms with E-state index in [9.17, 15) is 17.2 Å².